The maximum absolute atomic E-state index is 12.0. The number of amides is 1. The van der Waals surface area contributed by atoms with Gasteiger partial charge in [0.15, 0.2) is 0 Å². The molecule has 1 amide bonds. The molecule has 6 nitrogen and oxygen atoms in total. The highest BCUT2D eigenvalue weighted by atomic mass is 16.5. The van der Waals surface area contributed by atoms with Gasteiger partial charge in [0.2, 0.25) is 0 Å². The SMILES string of the molecule is COCC(O)CCNC(=O)c1c(N)cccc1OC. The predicted octanol–water partition coefficient (Wildman–Crippen LogP) is 0.405. The summed E-state index contributed by atoms with van der Waals surface area (Å²) in [5.74, 6) is 0.106. The lowest BCUT2D eigenvalue weighted by molar-refractivity contribution is 0.0587. The zero-order chi connectivity index (χ0) is 14.3. The molecule has 6 heteroatoms. The van der Waals surface area contributed by atoms with Crippen molar-refractivity contribution in [3.63, 3.8) is 0 Å². The Kier molecular flexibility index (Phi) is 6.11. The number of carbonyl (C=O) groups excluding carboxylic acids is 1. The van der Waals surface area contributed by atoms with Crippen molar-refractivity contribution in [3.05, 3.63) is 23.8 Å². The van der Waals surface area contributed by atoms with Crippen LogP contribution in [0.15, 0.2) is 18.2 Å². The van der Waals surface area contributed by atoms with Gasteiger partial charge in [-0.25, -0.2) is 0 Å². The molecule has 106 valence electrons. The number of hydrogen-bond donors (Lipinski definition) is 3. The smallest absolute Gasteiger partial charge is 0.257 e. The Bertz CT molecular complexity index is 423. The van der Waals surface area contributed by atoms with Gasteiger partial charge in [-0.05, 0) is 18.6 Å². The van der Waals surface area contributed by atoms with Crippen molar-refractivity contribution in [2.75, 3.05) is 33.1 Å². The van der Waals surface area contributed by atoms with Gasteiger partial charge in [0.25, 0.3) is 5.91 Å². The second-order valence-corrected chi connectivity index (χ2v) is 4.08. The number of nitrogen functional groups attached to an aromatic ring is 1. The second kappa shape index (κ2) is 7.60. The standard InChI is InChI=1S/C13H20N2O4/c1-18-8-9(16)6-7-15-13(17)12-10(14)4-3-5-11(12)19-2/h3-5,9,16H,6-8,14H2,1-2H3,(H,15,17). The molecule has 1 aromatic carbocycles. The Labute approximate surface area is 112 Å². The number of carbonyl (C=O) groups is 1. The van der Waals surface area contributed by atoms with E-state index in [9.17, 15) is 9.90 Å². The minimum absolute atomic E-state index is 0.243. The van der Waals surface area contributed by atoms with Crippen LogP contribution in [-0.2, 0) is 4.74 Å². The minimum atomic E-state index is -0.597. The van der Waals surface area contributed by atoms with Crippen molar-refractivity contribution in [1.29, 1.82) is 0 Å². The molecule has 0 spiro atoms. The van der Waals surface area contributed by atoms with Crippen molar-refractivity contribution in [2.45, 2.75) is 12.5 Å². The summed E-state index contributed by atoms with van der Waals surface area (Å²) in [4.78, 5) is 12.0. The van der Waals surface area contributed by atoms with E-state index in [1.54, 1.807) is 18.2 Å². The van der Waals surface area contributed by atoms with Gasteiger partial charge in [0.1, 0.15) is 11.3 Å². The van der Waals surface area contributed by atoms with Crippen molar-refractivity contribution in [1.82, 2.24) is 5.32 Å². The second-order valence-electron chi connectivity index (χ2n) is 4.08. The monoisotopic (exact) mass is 268 g/mol. The highest BCUT2D eigenvalue weighted by Crippen LogP contribution is 2.23. The molecule has 1 rings (SSSR count). The Balaban J connectivity index is 2.59. The molecular formula is C13H20N2O4. The zero-order valence-corrected chi connectivity index (χ0v) is 11.2. The lowest BCUT2D eigenvalue weighted by atomic mass is 10.1. The van der Waals surface area contributed by atoms with E-state index in [0.717, 1.165) is 0 Å². The number of nitrogens with two attached hydrogens (primary N) is 1. The summed E-state index contributed by atoms with van der Waals surface area (Å²) in [6, 6.07) is 5.02. The zero-order valence-electron chi connectivity index (χ0n) is 11.2. The molecule has 0 radical (unpaired) electrons. The number of ether oxygens (including phenoxy) is 2. The summed E-state index contributed by atoms with van der Waals surface area (Å²) in [7, 11) is 2.99. The van der Waals surface area contributed by atoms with E-state index in [1.165, 1.54) is 14.2 Å². The Morgan fingerprint density at radius 2 is 2.21 bits per heavy atom. The molecule has 0 aromatic heterocycles. The lowest BCUT2D eigenvalue weighted by Crippen LogP contribution is -2.29. The Morgan fingerprint density at radius 1 is 1.47 bits per heavy atom. The number of rotatable bonds is 7. The third-order valence-electron chi connectivity index (χ3n) is 2.63. The van der Waals surface area contributed by atoms with Gasteiger partial charge in [-0.1, -0.05) is 6.07 Å². The topological polar surface area (TPSA) is 93.8 Å². The summed E-state index contributed by atoms with van der Waals surface area (Å²) in [5.41, 5.74) is 6.43. The van der Waals surface area contributed by atoms with Gasteiger partial charge < -0.3 is 25.6 Å². The molecule has 0 heterocycles. The van der Waals surface area contributed by atoms with Gasteiger partial charge in [0.05, 0.1) is 19.8 Å². The highest BCUT2D eigenvalue weighted by Gasteiger charge is 2.15. The number of aliphatic hydroxyl groups excluding tert-OH is 1. The average Bonchev–Trinajstić information content (AvgIpc) is 2.38. The van der Waals surface area contributed by atoms with E-state index in [1.807, 2.05) is 0 Å². The number of methoxy groups -OCH3 is 2. The molecular weight excluding hydrogens is 248 g/mol. The summed E-state index contributed by atoms with van der Waals surface area (Å²) in [5, 5.41) is 12.2. The first-order valence-electron chi connectivity index (χ1n) is 5.97. The third kappa shape index (κ3) is 4.42. The van der Waals surface area contributed by atoms with E-state index in [-0.39, 0.29) is 12.5 Å². The van der Waals surface area contributed by atoms with Gasteiger partial charge in [-0.15, -0.1) is 0 Å². The third-order valence-corrected chi connectivity index (χ3v) is 2.63. The molecule has 0 aliphatic carbocycles. The van der Waals surface area contributed by atoms with Crippen molar-refractivity contribution >= 4 is 11.6 Å². The van der Waals surface area contributed by atoms with Crippen LogP contribution in [0.3, 0.4) is 0 Å². The van der Waals surface area contributed by atoms with Crippen molar-refractivity contribution in [3.8, 4) is 5.75 Å². The normalized spacial score (nSPS) is 11.9. The van der Waals surface area contributed by atoms with Crippen LogP contribution in [0.4, 0.5) is 5.69 Å². The molecule has 1 aromatic rings. The Hall–Kier alpha value is -1.79. The number of aliphatic hydroxyl groups is 1. The van der Waals surface area contributed by atoms with Crippen molar-refractivity contribution in [2.24, 2.45) is 0 Å². The summed E-state index contributed by atoms with van der Waals surface area (Å²) < 4.78 is 9.90. The molecule has 0 saturated carbocycles. The van der Waals surface area contributed by atoms with Gasteiger partial charge >= 0.3 is 0 Å². The van der Waals surface area contributed by atoms with Crippen LogP contribution in [0.25, 0.3) is 0 Å². The summed E-state index contributed by atoms with van der Waals surface area (Å²) in [6.07, 6.45) is -0.186. The minimum Gasteiger partial charge on any atom is -0.496 e. The van der Waals surface area contributed by atoms with Crippen LogP contribution in [0.5, 0.6) is 5.75 Å². The highest BCUT2D eigenvalue weighted by molar-refractivity contribution is 6.01. The maximum atomic E-state index is 12.0. The molecule has 0 fully saturated rings. The Morgan fingerprint density at radius 3 is 2.84 bits per heavy atom. The lowest BCUT2D eigenvalue weighted by Gasteiger charge is -2.13. The van der Waals surface area contributed by atoms with E-state index >= 15 is 0 Å². The molecule has 1 atom stereocenters. The first-order valence-corrected chi connectivity index (χ1v) is 5.97. The summed E-state index contributed by atoms with van der Waals surface area (Å²) in [6.45, 7) is 0.577. The van der Waals surface area contributed by atoms with E-state index in [2.05, 4.69) is 5.32 Å². The van der Waals surface area contributed by atoms with Gasteiger partial charge in [-0.3, -0.25) is 4.79 Å². The van der Waals surface area contributed by atoms with Gasteiger partial charge in [0, 0.05) is 19.3 Å². The van der Waals surface area contributed by atoms with Crippen LogP contribution >= 0.6 is 0 Å². The van der Waals surface area contributed by atoms with Crippen LogP contribution in [0, 0.1) is 0 Å². The fraction of sp³-hybridized carbons (Fsp3) is 0.462. The fourth-order valence-electron chi connectivity index (χ4n) is 1.68. The number of hydrogen-bond acceptors (Lipinski definition) is 5. The van der Waals surface area contributed by atoms with Crippen LogP contribution in [-0.4, -0.2) is 44.5 Å². The maximum Gasteiger partial charge on any atom is 0.257 e. The molecule has 0 aliphatic rings. The number of nitrogens with one attached hydrogen (secondary N) is 1. The van der Waals surface area contributed by atoms with E-state index < -0.39 is 6.10 Å². The van der Waals surface area contributed by atoms with Crippen LogP contribution in [0.2, 0.25) is 0 Å². The molecule has 0 saturated heterocycles. The molecule has 0 aliphatic heterocycles. The summed E-state index contributed by atoms with van der Waals surface area (Å²) >= 11 is 0. The molecule has 1 unspecified atom stereocenters. The molecule has 19 heavy (non-hydrogen) atoms. The fourth-order valence-corrected chi connectivity index (χ4v) is 1.68. The van der Waals surface area contributed by atoms with E-state index in [0.29, 0.717) is 30.0 Å². The van der Waals surface area contributed by atoms with Crippen LogP contribution in [0.1, 0.15) is 16.8 Å². The molecule has 0 bridgehead atoms. The average molecular weight is 268 g/mol. The van der Waals surface area contributed by atoms with Crippen LogP contribution < -0.4 is 15.8 Å². The first-order chi connectivity index (χ1) is 9.10. The first kappa shape index (κ1) is 15.3. The quantitative estimate of drug-likeness (QED) is 0.622. The molecule has 4 N–H and O–H groups in total. The largest absolute Gasteiger partial charge is 0.496 e. The van der Waals surface area contributed by atoms with E-state index in [4.69, 9.17) is 15.2 Å². The van der Waals surface area contributed by atoms with Gasteiger partial charge in [-0.2, -0.15) is 0 Å². The number of benzene rings is 1. The predicted molar refractivity (Wildman–Crippen MR) is 72.2 cm³/mol. The van der Waals surface area contributed by atoms with Crippen molar-refractivity contribution < 1.29 is 19.4 Å². The number of anilines is 1.